The number of esters is 1. The zero-order valence-electron chi connectivity index (χ0n) is 23.7. The van der Waals surface area contributed by atoms with Gasteiger partial charge in [0, 0.05) is 34.5 Å². The number of unbranched alkanes of at least 4 members (excludes halogenated alkanes) is 1. The van der Waals surface area contributed by atoms with Crippen molar-refractivity contribution >= 4 is 55.5 Å². The zero-order valence-corrected chi connectivity index (χ0v) is 23.7. The van der Waals surface area contributed by atoms with Crippen LogP contribution < -0.4 is 10.6 Å². The fourth-order valence-electron chi connectivity index (χ4n) is 7.57. The van der Waals surface area contributed by atoms with Gasteiger partial charge in [-0.3, -0.25) is 10.1 Å². The van der Waals surface area contributed by atoms with E-state index in [0.29, 0.717) is 31.5 Å². The lowest BCUT2D eigenvalue weighted by Crippen LogP contribution is -2.56. The maximum atomic E-state index is 13.9. The van der Waals surface area contributed by atoms with Crippen molar-refractivity contribution in [2.45, 2.75) is 56.5 Å². The fraction of sp³-hybridized carbons (Fsp3) is 0.333. The van der Waals surface area contributed by atoms with Gasteiger partial charge in [0.1, 0.15) is 12.5 Å². The van der Waals surface area contributed by atoms with E-state index in [4.69, 9.17) is 9.47 Å². The maximum Gasteiger partial charge on any atom is 0.343 e. The number of nitrogens with one attached hydrogen (secondary N) is 2. The van der Waals surface area contributed by atoms with Crippen LogP contribution in [0.2, 0.25) is 0 Å². The van der Waals surface area contributed by atoms with Crippen molar-refractivity contribution in [2.75, 3.05) is 13.2 Å². The molecule has 10 heteroatoms. The highest BCUT2D eigenvalue weighted by atomic mass is 16.6. The average Bonchev–Trinajstić information content (AvgIpc) is 3.71. The highest BCUT2D eigenvalue weighted by molar-refractivity contribution is 6.31. The highest BCUT2D eigenvalue weighted by Gasteiger charge is 2.66. The second-order valence-corrected chi connectivity index (χ2v) is 11.8. The first-order valence-corrected chi connectivity index (χ1v) is 14.7. The molecule has 0 aliphatic carbocycles. The van der Waals surface area contributed by atoms with Crippen molar-refractivity contribution in [3.8, 4) is 0 Å². The summed E-state index contributed by atoms with van der Waals surface area (Å²) in [6, 6.07) is 15.8. The third kappa shape index (κ3) is 3.32. The van der Waals surface area contributed by atoms with E-state index in [0.717, 1.165) is 49.2 Å². The standard InChI is InChI=1S/C33H32N4O6/c1-3-23(38)34-14-8-9-15-42-31(40)33(41)16-24-36-21-12-6-4-10-18(21)26-27-20(17-35-30(27)39)25-19-11-5-7-13-22(19)37(29(25)28(26)36)32(33,2)43-24/h3-7,10-13,23-24,34,38,41H,1,8-9,14-17H2,2H3,(H,35,39)/t23?,24?,32-,33-/m0/s1. The van der Waals surface area contributed by atoms with E-state index in [9.17, 15) is 19.8 Å². The number of carbonyl (C=O) groups is 2. The Hall–Kier alpha value is -4.22. The monoisotopic (exact) mass is 580 g/mol. The number of aromatic nitrogens is 2. The van der Waals surface area contributed by atoms with Crippen LogP contribution in [0, 0.1) is 0 Å². The van der Waals surface area contributed by atoms with Crippen LogP contribution in [0.3, 0.4) is 0 Å². The summed E-state index contributed by atoms with van der Waals surface area (Å²) in [4.78, 5) is 27.3. The van der Waals surface area contributed by atoms with Gasteiger partial charge >= 0.3 is 5.97 Å². The van der Waals surface area contributed by atoms with Gasteiger partial charge in [0.2, 0.25) is 5.60 Å². The van der Waals surface area contributed by atoms with Gasteiger partial charge in [-0.1, -0.05) is 43.0 Å². The van der Waals surface area contributed by atoms with Crippen molar-refractivity contribution in [1.82, 2.24) is 19.8 Å². The molecule has 3 aromatic carbocycles. The molecule has 0 radical (unpaired) electrons. The number of para-hydroxylation sites is 2. The topological polar surface area (TPSA) is 127 Å². The molecule has 2 bridgehead atoms. The maximum absolute atomic E-state index is 13.9. The first kappa shape index (κ1) is 26.4. The SMILES string of the molecule is C=CC(O)NCCCCOC(=O)[C@@]1(O)CC2O[C@]1(C)n1c3ccccc3c3c4c(c5c6ccccc6n2c5c31)C(=O)NC4. The van der Waals surface area contributed by atoms with Crippen LogP contribution >= 0.6 is 0 Å². The van der Waals surface area contributed by atoms with Crippen molar-refractivity contribution < 1.29 is 29.3 Å². The van der Waals surface area contributed by atoms with Crippen LogP contribution in [-0.4, -0.2) is 56.2 Å². The van der Waals surface area contributed by atoms with Crippen molar-refractivity contribution in [3.05, 3.63) is 72.3 Å². The van der Waals surface area contributed by atoms with E-state index in [2.05, 4.69) is 21.8 Å². The number of benzene rings is 3. The molecule has 4 N–H and O–H groups in total. The molecule has 43 heavy (non-hydrogen) atoms. The number of fused-ring (bicyclic) bond motifs is 13. The Morgan fingerprint density at radius 1 is 1.16 bits per heavy atom. The third-order valence-corrected chi connectivity index (χ3v) is 9.55. The number of aliphatic hydroxyl groups is 2. The largest absolute Gasteiger partial charge is 0.463 e. The number of carbonyl (C=O) groups excluding carboxylic acids is 2. The first-order chi connectivity index (χ1) is 20.8. The summed E-state index contributed by atoms with van der Waals surface area (Å²) in [7, 11) is 0. The molecule has 3 aliphatic heterocycles. The Bertz CT molecular complexity index is 2030. The zero-order chi connectivity index (χ0) is 29.7. The van der Waals surface area contributed by atoms with E-state index in [1.54, 1.807) is 6.92 Å². The Labute approximate surface area is 246 Å². The molecule has 1 amide bonds. The molecule has 5 aromatic rings. The summed E-state index contributed by atoms with van der Waals surface area (Å²) >= 11 is 0. The van der Waals surface area contributed by atoms with Crippen molar-refractivity contribution in [3.63, 3.8) is 0 Å². The number of hydrogen-bond acceptors (Lipinski definition) is 7. The van der Waals surface area contributed by atoms with Crippen molar-refractivity contribution in [2.24, 2.45) is 0 Å². The lowest BCUT2D eigenvalue weighted by atomic mass is 9.88. The predicted molar refractivity (Wildman–Crippen MR) is 161 cm³/mol. The molecule has 220 valence electrons. The van der Waals surface area contributed by atoms with Gasteiger partial charge in [0.25, 0.3) is 5.91 Å². The molecular weight excluding hydrogens is 548 g/mol. The summed E-state index contributed by atoms with van der Waals surface area (Å²) < 4.78 is 16.6. The summed E-state index contributed by atoms with van der Waals surface area (Å²) in [5.41, 5.74) is 1.42. The molecule has 8 rings (SSSR count). The fourth-order valence-corrected chi connectivity index (χ4v) is 7.57. The third-order valence-electron chi connectivity index (χ3n) is 9.55. The Morgan fingerprint density at radius 3 is 2.65 bits per heavy atom. The molecule has 4 atom stereocenters. The second-order valence-electron chi connectivity index (χ2n) is 11.8. The number of ether oxygens (including phenoxy) is 2. The Morgan fingerprint density at radius 2 is 1.88 bits per heavy atom. The smallest absolute Gasteiger partial charge is 0.343 e. The van der Waals surface area contributed by atoms with E-state index in [-0.39, 0.29) is 18.9 Å². The van der Waals surface area contributed by atoms with E-state index in [1.807, 2.05) is 53.1 Å². The van der Waals surface area contributed by atoms with Crippen LogP contribution in [0.5, 0.6) is 0 Å². The quantitative estimate of drug-likeness (QED) is 0.0949. The molecule has 1 fully saturated rings. The number of nitrogens with zero attached hydrogens (tertiary/aromatic N) is 2. The molecule has 2 aromatic heterocycles. The van der Waals surface area contributed by atoms with Gasteiger partial charge < -0.3 is 34.1 Å². The first-order valence-electron chi connectivity index (χ1n) is 14.7. The van der Waals surface area contributed by atoms with Gasteiger partial charge in [0.15, 0.2) is 5.72 Å². The van der Waals surface area contributed by atoms with Crippen LogP contribution in [0.25, 0.3) is 43.6 Å². The summed E-state index contributed by atoms with van der Waals surface area (Å²) in [5, 5.41) is 31.6. The van der Waals surface area contributed by atoms with E-state index >= 15 is 0 Å². The van der Waals surface area contributed by atoms with Crippen LogP contribution in [0.15, 0.2) is 61.2 Å². The summed E-state index contributed by atoms with van der Waals surface area (Å²) in [5.74, 6) is -0.843. The van der Waals surface area contributed by atoms with Gasteiger partial charge in [-0.25, -0.2) is 4.79 Å². The summed E-state index contributed by atoms with van der Waals surface area (Å²) in [6.45, 7) is 6.33. The van der Waals surface area contributed by atoms with Gasteiger partial charge in [-0.15, -0.1) is 0 Å². The number of hydrogen-bond donors (Lipinski definition) is 4. The average molecular weight is 581 g/mol. The number of amides is 1. The van der Waals surface area contributed by atoms with E-state index < -0.39 is 29.8 Å². The van der Waals surface area contributed by atoms with Crippen LogP contribution in [0.1, 0.15) is 48.3 Å². The molecule has 3 aliphatic rings. The van der Waals surface area contributed by atoms with Crippen molar-refractivity contribution in [1.29, 1.82) is 0 Å². The Balaban J connectivity index is 1.32. The molecular formula is C33H32N4O6. The minimum absolute atomic E-state index is 0.0279. The molecule has 5 heterocycles. The van der Waals surface area contributed by atoms with Crippen LogP contribution in [-0.2, 0) is 26.5 Å². The molecule has 10 nitrogen and oxygen atoms in total. The molecule has 0 saturated carbocycles. The lowest BCUT2D eigenvalue weighted by molar-refractivity contribution is -0.204. The minimum atomic E-state index is -2.01. The minimum Gasteiger partial charge on any atom is -0.463 e. The molecule has 0 spiro atoms. The van der Waals surface area contributed by atoms with Gasteiger partial charge in [0.05, 0.1) is 34.2 Å². The predicted octanol–water partition coefficient (Wildman–Crippen LogP) is 3.90. The van der Waals surface area contributed by atoms with E-state index in [1.165, 1.54) is 6.08 Å². The normalized spacial score (nSPS) is 24.6. The number of rotatable bonds is 8. The molecule has 2 unspecified atom stereocenters. The molecule has 1 saturated heterocycles. The number of aliphatic hydroxyl groups excluding tert-OH is 1. The van der Waals surface area contributed by atoms with Gasteiger partial charge in [-0.2, -0.15) is 0 Å². The second kappa shape index (κ2) is 9.14. The highest BCUT2D eigenvalue weighted by Crippen LogP contribution is 2.57. The lowest BCUT2D eigenvalue weighted by Gasteiger charge is -2.37. The van der Waals surface area contributed by atoms with Gasteiger partial charge in [-0.05, 0) is 50.1 Å². The Kier molecular flexibility index (Phi) is 5.61. The summed E-state index contributed by atoms with van der Waals surface area (Å²) in [6.07, 6.45) is 1.11. The van der Waals surface area contributed by atoms with Crippen LogP contribution in [0.4, 0.5) is 0 Å².